The molecule has 1 unspecified atom stereocenters. The predicted octanol–water partition coefficient (Wildman–Crippen LogP) is 2.51. The molecule has 0 saturated carbocycles. The van der Waals surface area contributed by atoms with Crippen LogP contribution in [0, 0.1) is 0 Å². The van der Waals surface area contributed by atoms with Crippen molar-refractivity contribution < 1.29 is 23.8 Å². The Hall–Kier alpha value is -1.62. The van der Waals surface area contributed by atoms with Crippen LogP contribution in [0.1, 0.15) is 53.2 Å². The minimum atomic E-state index is -1.16. The summed E-state index contributed by atoms with van der Waals surface area (Å²) < 4.78 is 10.5. The summed E-state index contributed by atoms with van der Waals surface area (Å²) >= 11 is 0. The molecule has 1 aliphatic rings. The molecule has 2 heterocycles. The van der Waals surface area contributed by atoms with E-state index >= 15 is 0 Å². The highest BCUT2D eigenvalue weighted by Crippen LogP contribution is 2.19. The average molecular weight is 252 g/mol. The van der Waals surface area contributed by atoms with Gasteiger partial charge in [0.2, 0.25) is 5.76 Å². The van der Waals surface area contributed by atoms with Crippen molar-refractivity contribution in [2.24, 2.45) is 0 Å². The van der Waals surface area contributed by atoms with Crippen LogP contribution in [0.25, 0.3) is 0 Å². The Labute approximate surface area is 105 Å². The molecule has 1 aromatic heterocycles. The Bertz CT molecular complexity index is 428. The van der Waals surface area contributed by atoms with Crippen LogP contribution in [0.5, 0.6) is 0 Å². The molecule has 1 saturated heterocycles. The number of hydrogen-bond donors (Lipinski definition) is 1. The van der Waals surface area contributed by atoms with Gasteiger partial charge in [0.1, 0.15) is 0 Å². The van der Waals surface area contributed by atoms with Crippen molar-refractivity contribution in [3.05, 3.63) is 23.7 Å². The molecule has 1 aliphatic heterocycles. The molecule has 1 fully saturated rings. The van der Waals surface area contributed by atoms with Gasteiger partial charge in [-0.05, 0) is 37.8 Å². The van der Waals surface area contributed by atoms with E-state index in [9.17, 15) is 9.59 Å². The highest BCUT2D eigenvalue weighted by molar-refractivity contribution is 5.95. The van der Waals surface area contributed by atoms with Gasteiger partial charge in [0.25, 0.3) is 0 Å². The molecule has 0 radical (unpaired) electrons. The van der Waals surface area contributed by atoms with Gasteiger partial charge in [-0.15, -0.1) is 0 Å². The van der Waals surface area contributed by atoms with E-state index in [4.69, 9.17) is 14.3 Å². The molecule has 1 aromatic rings. The van der Waals surface area contributed by atoms with E-state index in [0.29, 0.717) is 12.8 Å². The molecule has 0 amide bonds. The highest BCUT2D eigenvalue weighted by Gasteiger charge is 2.18. The number of carbonyl (C=O) groups excluding carboxylic acids is 1. The quantitative estimate of drug-likeness (QED) is 0.815. The zero-order valence-electron chi connectivity index (χ0n) is 10.1. The van der Waals surface area contributed by atoms with Gasteiger partial charge >= 0.3 is 5.97 Å². The van der Waals surface area contributed by atoms with Crippen LogP contribution in [0.2, 0.25) is 0 Å². The van der Waals surface area contributed by atoms with E-state index in [1.54, 1.807) is 0 Å². The largest absolute Gasteiger partial charge is 0.475 e. The average Bonchev–Trinajstić information content (AvgIpc) is 2.87. The molecule has 0 aromatic carbocycles. The van der Waals surface area contributed by atoms with E-state index in [1.165, 1.54) is 12.1 Å². The van der Waals surface area contributed by atoms with Gasteiger partial charge in [0.15, 0.2) is 11.5 Å². The number of furan rings is 1. The van der Waals surface area contributed by atoms with E-state index in [2.05, 4.69) is 0 Å². The molecule has 1 atom stereocenters. The summed E-state index contributed by atoms with van der Waals surface area (Å²) in [5, 5.41) is 8.69. The minimum Gasteiger partial charge on any atom is -0.475 e. The first-order chi connectivity index (χ1) is 8.66. The number of ketones is 1. The number of hydrogen-bond acceptors (Lipinski definition) is 4. The minimum absolute atomic E-state index is 0.114. The molecule has 5 nitrogen and oxygen atoms in total. The van der Waals surface area contributed by atoms with E-state index in [-0.39, 0.29) is 23.4 Å². The molecule has 0 aliphatic carbocycles. The second-order valence-electron chi connectivity index (χ2n) is 4.42. The molecule has 18 heavy (non-hydrogen) atoms. The van der Waals surface area contributed by atoms with Crippen LogP contribution in [0.4, 0.5) is 0 Å². The molecule has 5 heteroatoms. The van der Waals surface area contributed by atoms with Crippen molar-refractivity contribution in [2.75, 3.05) is 6.61 Å². The van der Waals surface area contributed by atoms with Gasteiger partial charge in [-0.2, -0.15) is 0 Å². The van der Waals surface area contributed by atoms with Crippen molar-refractivity contribution in [1.82, 2.24) is 0 Å². The van der Waals surface area contributed by atoms with E-state index in [0.717, 1.165) is 25.9 Å². The van der Waals surface area contributed by atoms with Crippen LogP contribution in [-0.4, -0.2) is 29.6 Å². The van der Waals surface area contributed by atoms with Gasteiger partial charge < -0.3 is 14.3 Å². The molecular weight excluding hydrogens is 236 g/mol. The fourth-order valence-corrected chi connectivity index (χ4v) is 2.05. The predicted molar refractivity (Wildman–Crippen MR) is 62.8 cm³/mol. The molecular formula is C13H16O5. The van der Waals surface area contributed by atoms with Crippen molar-refractivity contribution in [2.45, 2.75) is 38.2 Å². The van der Waals surface area contributed by atoms with Crippen molar-refractivity contribution in [1.29, 1.82) is 0 Å². The van der Waals surface area contributed by atoms with Gasteiger partial charge in [0, 0.05) is 13.0 Å². The van der Waals surface area contributed by atoms with Crippen LogP contribution in [0.3, 0.4) is 0 Å². The number of ether oxygens (including phenoxy) is 1. The smallest absolute Gasteiger partial charge is 0.371 e. The van der Waals surface area contributed by atoms with Crippen molar-refractivity contribution in [3.8, 4) is 0 Å². The third kappa shape index (κ3) is 3.20. The lowest BCUT2D eigenvalue weighted by atomic mass is 10.0. The van der Waals surface area contributed by atoms with Crippen LogP contribution in [0.15, 0.2) is 16.5 Å². The summed E-state index contributed by atoms with van der Waals surface area (Å²) in [6.45, 7) is 0.767. The Balaban J connectivity index is 1.84. The Kier molecular flexibility index (Phi) is 4.15. The van der Waals surface area contributed by atoms with Crippen LogP contribution < -0.4 is 0 Å². The number of carbonyl (C=O) groups is 2. The SMILES string of the molecule is O=C(O)c1ccc(C(=O)CCC2CCCCO2)o1. The molecule has 0 spiro atoms. The number of carboxylic acid groups (broad SMARTS) is 1. The van der Waals surface area contributed by atoms with Gasteiger partial charge in [-0.25, -0.2) is 4.79 Å². The summed E-state index contributed by atoms with van der Waals surface area (Å²) in [6, 6.07) is 2.71. The summed E-state index contributed by atoms with van der Waals surface area (Å²) in [5.74, 6) is -1.42. The highest BCUT2D eigenvalue weighted by atomic mass is 16.5. The first-order valence-electron chi connectivity index (χ1n) is 6.15. The summed E-state index contributed by atoms with van der Waals surface area (Å²) in [4.78, 5) is 22.4. The maximum Gasteiger partial charge on any atom is 0.371 e. The maximum absolute atomic E-state index is 11.8. The van der Waals surface area contributed by atoms with Crippen molar-refractivity contribution in [3.63, 3.8) is 0 Å². The summed E-state index contributed by atoms with van der Waals surface area (Å²) in [6.07, 6.45) is 4.37. The second kappa shape index (κ2) is 5.82. The van der Waals surface area contributed by atoms with Gasteiger partial charge in [-0.1, -0.05) is 0 Å². The Morgan fingerprint density at radius 3 is 2.67 bits per heavy atom. The van der Waals surface area contributed by atoms with Gasteiger partial charge in [-0.3, -0.25) is 4.79 Å². The number of carboxylic acids is 1. The molecule has 98 valence electrons. The zero-order valence-corrected chi connectivity index (χ0v) is 10.1. The Morgan fingerprint density at radius 1 is 1.28 bits per heavy atom. The van der Waals surface area contributed by atoms with Crippen molar-refractivity contribution >= 4 is 11.8 Å². The van der Waals surface area contributed by atoms with Crippen LogP contribution >= 0.6 is 0 Å². The molecule has 2 rings (SSSR count). The van der Waals surface area contributed by atoms with E-state index in [1.807, 2.05) is 0 Å². The molecule has 1 N–H and O–H groups in total. The normalized spacial score (nSPS) is 19.7. The van der Waals surface area contributed by atoms with E-state index < -0.39 is 5.97 Å². The summed E-state index contributed by atoms with van der Waals surface area (Å²) in [7, 11) is 0. The first kappa shape index (κ1) is 12.8. The standard InChI is InChI=1S/C13H16O5/c14-10(5-4-9-3-1-2-8-17-9)11-6-7-12(18-11)13(15)16/h6-7,9H,1-5,8H2,(H,15,16). The lowest BCUT2D eigenvalue weighted by molar-refractivity contribution is 0.0103. The monoisotopic (exact) mass is 252 g/mol. The number of Topliss-reactive ketones (excluding diaryl/α,β-unsaturated/α-hetero) is 1. The third-order valence-electron chi connectivity index (χ3n) is 3.06. The lowest BCUT2D eigenvalue weighted by Crippen LogP contribution is -2.19. The fourth-order valence-electron chi connectivity index (χ4n) is 2.05. The number of rotatable bonds is 5. The number of aromatic carboxylic acids is 1. The fraction of sp³-hybridized carbons (Fsp3) is 0.538. The summed E-state index contributed by atoms with van der Waals surface area (Å²) in [5.41, 5.74) is 0. The van der Waals surface area contributed by atoms with Crippen LogP contribution in [-0.2, 0) is 4.74 Å². The maximum atomic E-state index is 11.8. The Morgan fingerprint density at radius 2 is 2.06 bits per heavy atom. The lowest BCUT2D eigenvalue weighted by Gasteiger charge is -2.21. The molecule has 0 bridgehead atoms. The zero-order chi connectivity index (χ0) is 13.0. The third-order valence-corrected chi connectivity index (χ3v) is 3.06. The van der Waals surface area contributed by atoms with Gasteiger partial charge in [0.05, 0.1) is 6.10 Å². The second-order valence-corrected chi connectivity index (χ2v) is 4.42. The topological polar surface area (TPSA) is 76.7 Å². The first-order valence-corrected chi connectivity index (χ1v) is 6.15.